The van der Waals surface area contributed by atoms with Crippen molar-refractivity contribution in [3.63, 3.8) is 0 Å². The zero-order valence-corrected chi connectivity index (χ0v) is 14.5. The summed E-state index contributed by atoms with van der Waals surface area (Å²) in [6, 6.07) is 14.2. The molecule has 8 heteroatoms. The van der Waals surface area contributed by atoms with Gasteiger partial charge >= 0.3 is 0 Å². The molecule has 0 bridgehead atoms. The smallest absolute Gasteiger partial charge is 0.240 e. The fraction of sp³-hybridized carbons (Fsp3) is 0.118. The van der Waals surface area contributed by atoms with E-state index in [0.29, 0.717) is 10.4 Å². The molecule has 0 aliphatic carbocycles. The van der Waals surface area contributed by atoms with E-state index in [2.05, 4.69) is 4.72 Å². The molecule has 0 aliphatic heterocycles. The fourth-order valence-corrected chi connectivity index (χ4v) is 4.20. The number of thiophene rings is 1. The summed E-state index contributed by atoms with van der Waals surface area (Å²) in [4.78, 5) is 0.574. The summed E-state index contributed by atoms with van der Waals surface area (Å²) in [7, 11) is -3.86. The minimum absolute atomic E-state index is 0.0134. The summed E-state index contributed by atoms with van der Waals surface area (Å²) in [6.07, 6.45) is 1.42. The van der Waals surface area contributed by atoms with Crippen LogP contribution in [0.4, 0.5) is 0 Å². The Bertz CT molecular complexity index is 936. The van der Waals surface area contributed by atoms with Crippen LogP contribution in [0, 0.1) is 11.3 Å². The Morgan fingerprint density at radius 1 is 1.20 bits per heavy atom. The number of nitrogens with zero attached hydrogens (tertiary/aromatic N) is 1. The number of hydrogen-bond acceptors (Lipinski definition) is 6. The molecule has 1 aromatic carbocycles. The molecule has 1 unspecified atom stereocenters. The Labute approximate surface area is 149 Å². The van der Waals surface area contributed by atoms with Gasteiger partial charge in [-0.1, -0.05) is 6.07 Å². The quantitative estimate of drug-likeness (QED) is 0.690. The predicted octanol–water partition coefficient (Wildman–Crippen LogP) is 2.43. The summed E-state index contributed by atoms with van der Waals surface area (Å²) in [6.45, 7) is -0.288. The van der Waals surface area contributed by atoms with Crippen molar-refractivity contribution < 1.29 is 17.9 Å². The van der Waals surface area contributed by atoms with Crippen LogP contribution in [-0.4, -0.2) is 20.1 Å². The topological polar surface area (TPSA) is 103 Å². The lowest BCUT2D eigenvalue weighted by atomic mass is 9.99. The number of furan rings is 1. The van der Waals surface area contributed by atoms with E-state index in [1.54, 1.807) is 29.6 Å². The van der Waals surface area contributed by atoms with Gasteiger partial charge in [0.15, 0.2) is 5.60 Å². The van der Waals surface area contributed by atoms with E-state index in [0.717, 1.165) is 0 Å². The standard InChI is InChI=1S/C17H14N2O4S2/c18-11-13-5-7-14(8-6-13)25(21,22)19-12-17(20,15-3-1-9-23-15)16-4-2-10-24-16/h1-10,19-20H,12H2. The number of benzene rings is 1. The molecule has 6 nitrogen and oxygen atoms in total. The van der Waals surface area contributed by atoms with Crippen LogP contribution in [0.1, 0.15) is 16.2 Å². The number of sulfonamides is 1. The molecule has 2 heterocycles. The van der Waals surface area contributed by atoms with Gasteiger partial charge in [-0.05, 0) is 47.8 Å². The highest BCUT2D eigenvalue weighted by Crippen LogP contribution is 2.33. The molecular weight excluding hydrogens is 360 g/mol. The normalized spacial score (nSPS) is 13.9. The lowest BCUT2D eigenvalue weighted by molar-refractivity contribution is 0.0655. The molecule has 3 rings (SSSR count). The first-order chi connectivity index (χ1) is 12.0. The van der Waals surface area contributed by atoms with Gasteiger partial charge in [0, 0.05) is 4.88 Å². The highest BCUT2D eigenvalue weighted by molar-refractivity contribution is 7.89. The first kappa shape index (κ1) is 17.4. The van der Waals surface area contributed by atoms with Gasteiger partial charge in [0.1, 0.15) is 5.76 Å². The van der Waals surface area contributed by atoms with Crippen LogP contribution in [0.15, 0.2) is 69.5 Å². The van der Waals surface area contributed by atoms with E-state index in [-0.39, 0.29) is 17.2 Å². The van der Waals surface area contributed by atoms with Gasteiger partial charge in [0.2, 0.25) is 10.0 Å². The average molecular weight is 374 g/mol. The molecule has 0 saturated heterocycles. The van der Waals surface area contributed by atoms with Gasteiger partial charge < -0.3 is 9.52 Å². The molecule has 25 heavy (non-hydrogen) atoms. The first-order valence-corrected chi connectivity index (χ1v) is 9.62. The maximum Gasteiger partial charge on any atom is 0.240 e. The molecule has 3 aromatic rings. The zero-order chi connectivity index (χ0) is 17.9. The monoisotopic (exact) mass is 374 g/mol. The maximum atomic E-state index is 12.5. The van der Waals surface area contributed by atoms with Crippen LogP contribution in [0.2, 0.25) is 0 Å². The number of nitrogens with one attached hydrogen (secondary N) is 1. The minimum atomic E-state index is -3.86. The van der Waals surface area contributed by atoms with E-state index < -0.39 is 15.6 Å². The van der Waals surface area contributed by atoms with Gasteiger partial charge in [0.05, 0.1) is 29.3 Å². The third kappa shape index (κ3) is 3.50. The van der Waals surface area contributed by atoms with Crippen LogP contribution in [0.3, 0.4) is 0 Å². The third-order valence-electron chi connectivity index (χ3n) is 3.67. The van der Waals surface area contributed by atoms with Crippen molar-refractivity contribution in [2.24, 2.45) is 0 Å². The molecule has 0 saturated carbocycles. The molecule has 2 aromatic heterocycles. The molecule has 0 fully saturated rings. The summed E-state index contributed by atoms with van der Waals surface area (Å²) in [5.74, 6) is 0.248. The van der Waals surface area contributed by atoms with E-state index in [4.69, 9.17) is 9.68 Å². The number of hydrogen-bond donors (Lipinski definition) is 2. The Morgan fingerprint density at radius 2 is 1.96 bits per heavy atom. The molecule has 0 radical (unpaired) electrons. The van der Waals surface area contributed by atoms with E-state index in [1.165, 1.54) is 41.9 Å². The SMILES string of the molecule is N#Cc1ccc(S(=O)(=O)NCC(O)(c2ccco2)c2cccs2)cc1. The van der Waals surface area contributed by atoms with Crippen LogP contribution < -0.4 is 4.72 Å². The second kappa shape index (κ2) is 6.82. The van der Waals surface area contributed by atoms with Crippen molar-refractivity contribution in [1.82, 2.24) is 4.72 Å². The summed E-state index contributed by atoms with van der Waals surface area (Å²) in [5, 5.41) is 21.7. The van der Waals surface area contributed by atoms with E-state index in [9.17, 15) is 13.5 Å². The van der Waals surface area contributed by atoms with Gasteiger partial charge in [0.25, 0.3) is 0 Å². The summed E-state index contributed by atoms with van der Waals surface area (Å²) in [5.41, 5.74) is -1.25. The van der Waals surface area contributed by atoms with E-state index >= 15 is 0 Å². The van der Waals surface area contributed by atoms with Crippen molar-refractivity contribution in [2.45, 2.75) is 10.5 Å². The van der Waals surface area contributed by atoms with Crippen molar-refractivity contribution in [2.75, 3.05) is 6.54 Å². The minimum Gasteiger partial charge on any atom is -0.466 e. The molecule has 2 N–H and O–H groups in total. The van der Waals surface area contributed by atoms with Crippen molar-refractivity contribution in [3.8, 4) is 6.07 Å². The van der Waals surface area contributed by atoms with Crippen LogP contribution in [0.5, 0.6) is 0 Å². The van der Waals surface area contributed by atoms with Gasteiger partial charge in [-0.15, -0.1) is 11.3 Å². The summed E-state index contributed by atoms with van der Waals surface area (Å²) < 4.78 is 32.7. The highest BCUT2D eigenvalue weighted by Gasteiger charge is 2.37. The second-order valence-electron chi connectivity index (χ2n) is 5.28. The predicted molar refractivity (Wildman–Crippen MR) is 92.4 cm³/mol. The maximum absolute atomic E-state index is 12.5. The number of aliphatic hydroxyl groups is 1. The van der Waals surface area contributed by atoms with Crippen molar-refractivity contribution >= 4 is 21.4 Å². The molecule has 128 valence electrons. The zero-order valence-electron chi connectivity index (χ0n) is 12.9. The van der Waals surface area contributed by atoms with Gasteiger partial charge in [-0.3, -0.25) is 0 Å². The van der Waals surface area contributed by atoms with Crippen LogP contribution >= 0.6 is 11.3 Å². The lowest BCUT2D eigenvalue weighted by Crippen LogP contribution is -2.40. The Hall–Kier alpha value is -2.44. The highest BCUT2D eigenvalue weighted by atomic mass is 32.2. The third-order valence-corrected chi connectivity index (χ3v) is 6.11. The fourth-order valence-electron chi connectivity index (χ4n) is 2.31. The molecule has 0 aliphatic rings. The molecule has 0 amide bonds. The summed E-state index contributed by atoms with van der Waals surface area (Å²) >= 11 is 1.30. The first-order valence-electron chi connectivity index (χ1n) is 7.26. The average Bonchev–Trinajstić information content (AvgIpc) is 3.33. The Kier molecular flexibility index (Phi) is 4.74. The van der Waals surface area contributed by atoms with Crippen LogP contribution in [-0.2, 0) is 15.6 Å². The van der Waals surface area contributed by atoms with Crippen LogP contribution in [0.25, 0.3) is 0 Å². The van der Waals surface area contributed by atoms with Gasteiger partial charge in [-0.25, -0.2) is 13.1 Å². The Balaban J connectivity index is 1.87. The van der Waals surface area contributed by atoms with Gasteiger partial charge in [-0.2, -0.15) is 5.26 Å². The van der Waals surface area contributed by atoms with Crippen molar-refractivity contribution in [3.05, 3.63) is 76.4 Å². The lowest BCUT2D eigenvalue weighted by Gasteiger charge is -2.25. The Morgan fingerprint density at radius 3 is 2.52 bits per heavy atom. The molecule has 1 atom stereocenters. The van der Waals surface area contributed by atoms with Crippen molar-refractivity contribution in [1.29, 1.82) is 5.26 Å². The molecular formula is C17H14N2O4S2. The largest absolute Gasteiger partial charge is 0.466 e. The van der Waals surface area contributed by atoms with E-state index in [1.807, 2.05) is 6.07 Å². The number of nitriles is 1. The molecule has 0 spiro atoms. The second-order valence-corrected chi connectivity index (χ2v) is 7.99. The number of rotatable bonds is 6.